The molecular formula is C15H28O3. The van der Waals surface area contributed by atoms with Gasteiger partial charge in [-0.1, -0.05) is 38.2 Å². The van der Waals surface area contributed by atoms with Gasteiger partial charge in [0.1, 0.15) is 0 Å². The van der Waals surface area contributed by atoms with Crippen molar-refractivity contribution in [2.75, 3.05) is 6.61 Å². The lowest BCUT2D eigenvalue weighted by atomic mass is 10.1. The van der Waals surface area contributed by atoms with Crippen molar-refractivity contribution in [2.45, 2.75) is 70.8 Å². The minimum absolute atomic E-state index is 0.416. The van der Waals surface area contributed by atoms with Gasteiger partial charge in [0.25, 0.3) is 0 Å². The molecule has 0 amide bonds. The van der Waals surface area contributed by atoms with Crippen LogP contribution in [0.2, 0.25) is 0 Å². The molecule has 18 heavy (non-hydrogen) atoms. The summed E-state index contributed by atoms with van der Waals surface area (Å²) in [4.78, 5) is 11.2. The third kappa shape index (κ3) is 10.3. The number of rotatable bonds is 11. The van der Waals surface area contributed by atoms with Crippen LogP contribution in [0.15, 0.2) is 12.7 Å². The molecule has 0 aliphatic carbocycles. The normalized spacial score (nSPS) is 11.3. The Morgan fingerprint density at radius 1 is 1.11 bits per heavy atom. The maximum atomic E-state index is 11.2. The highest BCUT2D eigenvalue weighted by molar-refractivity contribution is 5.78. The Hall–Kier alpha value is -0.830. The predicted molar refractivity (Wildman–Crippen MR) is 74.4 cm³/mol. The number of allylic oxidation sites excluding steroid dienone is 1. The van der Waals surface area contributed by atoms with E-state index in [1.807, 2.05) is 6.08 Å². The van der Waals surface area contributed by atoms with Crippen LogP contribution < -0.4 is 0 Å². The third-order valence-electron chi connectivity index (χ3n) is 2.79. The van der Waals surface area contributed by atoms with Crippen molar-refractivity contribution < 1.29 is 14.6 Å². The molecule has 0 fully saturated rings. The van der Waals surface area contributed by atoms with Gasteiger partial charge in [0.05, 0.1) is 6.61 Å². The van der Waals surface area contributed by atoms with Crippen LogP contribution in [0.3, 0.4) is 0 Å². The number of carbonyl (C=O) groups excluding carboxylic acids is 1. The van der Waals surface area contributed by atoms with Gasteiger partial charge in [-0.05, 0) is 33.1 Å². The van der Waals surface area contributed by atoms with Crippen LogP contribution in [-0.4, -0.2) is 23.3 Å². The van der Waals surface area contributed by atoms with E-state index < -0.39 is 11.6 Å². The van der Waals surface area contributed by atoms with Gasteiger partial charge in [0.15, 0.2) is 5.60 Å². The summed E-state index contributed by atoms with van der Waals surface area (Å²) in [5, 5.41) is 9.35. The topological polar surface area (TPSA) is 46.5 Å². The lowest BCUT2D eigenvalue weighted by Gasteiger charge is -2.15. The summed E-state index contributed by atoms with van der Waals surface area (Å²) in [5.74, 6) is -0.535. The van der Waals surface area contributed by atoms with Crippen LogP contribution in [0.5, 0.6) is 0 Å². The molecule has 0 aromatic carbocycles. The molecule has 0 radical (unpaired) electrons. The molecule has 3 nitrogen and oxygen atoms in total. The molecule has 0 heterocycles. The van der Waals surface area contributed by atoms with E-state index in [0.717, 1.165) is 19.3 Å². The molecule has 0 unspecified atom stereocenters. The van der Waals surface area contributed by atoms with Crippen molar-refractivity contribution in [3.8, 4) is 0 Å². The van der Waals surface area contributed by atoms with Gasteiger partial charge in [-0.2, -0.15) is 0 Å². The van der Waals surface area contributed by atoms with Crippen molar-refractivity contribution in [2.24, 2.45) is 0 Å². The van der Waals surface area contributed by atoms with Crippen LogP contribution in [0.4, 0.5) is 0 Å². The first-order valence-electron chi connectivity index (χ1n) is 6.99. The molecule has 0 aliphatic rings. The van der Waals surface area contributed by atoms with Crippen LogP contribution in [0.25, 0.3) is 0 Å². The van der Waals surface area contributed by atoms with E-state index in [4.69, 9.17) is 4.74 Å². The quantitative estimate of drug-likeness (QED) is 0.349. The second kappa shape index (κ2) is 10.1. The van der Waals surface area contributed by atoms with Gasteiger partial charge in [0, 0.05) is 0 Å². The Kier molecular flexibility index (Phi) is 9.66. The minimum Gasteiger partial charge on any atom is -0.464 e. The largest absolute Gasteiger partial charge is 0.464 e. The number of unbranched alkanes of at least 4 members (excludes halogenated alkanes) is 7. The first-order valence-corrected chi connectivity index (χ1v) is 6.99. The summed E-state index contributed by atoms with van der Waals surface area (Å²) in [6.07, 6.45) is 11.3. The third-order valence-corrected chi connectivity index (χ3v) is 2.79. The van der Waals surface area contributed by atoms with E-state index in [1.165, 1.54) is 46.0 Å². The van der Waals surface area contributed by atoms with Gasteiger partial charge in [-0.15, -0.1) is 6.58 Å². The molecule has 0 spiro atoms. The van der Waals surface area contributed by atoms with Gasteiger partial charge in [-0.3, -0.25) is 0 Å². The molecule has 0 saturated heterocycles. The SMILES string of the molecule is C=CCCCCCCCCCOC(=O)C(C)(C)O. The van der Waals surface area contributed by atoms with Gasteiger partial charge in [0.2, 0.25) is 0 Å². The molecule has 0 atom stereocenters. The van der Waals surface area contributed by atoms with Crippen molar-refractivity contribution >= 4 is 5.97 Å². The molecule has 1 N–H and O–H groups in total. The fraction of sp³-hybridized carbons (Fsp3) is 0.800. The summed E-state index contributed by atoms with van der Waals surface area (Å²) in [7, 11) is 0. The molecule has 0 aromatic heterocycles. The van der Waals surface area contributed by atoms with Gasteiger partial charge >= 0.3 is 5.97 Å². The van der Waals surface area contributed by atoms with E-state index in [2.05, 4.69) is 6.58 Å². The first kappa shape index (κ1) is 17.2. The molecule has 0 aromatic rings. The van der Waals surface area contributed by atoms with Crippen molar-refractivity contribution in [3.63, 3.8) is 0 Å². The van der Waals surface area contributed by atoms with Gasteiger partial charge < -0.3 is 9.84 Å². The highest BCUT2D eigenvalue weighted by atomic mass is 16.5. The maximum absolute atomic E-state index is 11.2. The van der Waals surface area contributed by atoms with E-state index in [0.29, 0.717) is 6.61 Å². The number of aliphatic hydroxyl groups is 1. The molecule has 0 saturated carbocycles. The van der Waals surface area contributed by atoms with Crippen molar-refractivity contribution in [1.29, 1.82) is 0 Å². The zero-order valence-corrected chi connectivity index (χ0v) is 11.9. The lowest BCUT2D eigenvalue weighted by Crippen LogP contribution is -2.33. The number of carbonyl (C=O) groups is 1. The molecule has 3 heteroatoms. The Labute approximate surface area is 111 Å². The number of ether oxygens (including phenoxy) is 1. The number of esters is 1. The zero-order valence-electron chi connectivity index (χ0n) is 11.9. The highest BCUT2D eigenvalue weighted by Crippen LogP contribution is 2.09. The zero-order chi connectivity index (χ0) is 13.9. The molecule has 106 valence electrons. The fourth-order valence-electron chi connectivity index (χ4n) is 1.62. The molecular weight excluding hydrogens is 228 g/mol. The van der Waals surface area contributed by atoms with E-state index in [-0.39, 0.29) is 0 Å². The van der Waals surface area contributed by atoms with Gasteiger partial charge in [-0.25, -0.2) is 4.79 Å². The number of hydrogen-bond acceptors (Lipinski definition) is 3. The van der Waals surface area contributed by atoms with E-state index in [1.54, 1.807) is 0 Å². The van der Waals surface area contributed by atoms with E-state index >= 15 is 0 Å². The molecule has 0 aliphatic heterocycles. The summed E-state index contributed by atoms with van der Waals surface area (Å²) in [6.45, 7) is 7.00. The Morgan fingerprint density at radius 2 is 1.61 bits per heavy atom. The Balaban J connectivity index is 3.21. The summed E-state index contributed by atoms with van der Waals surface area (Å²) in [6, 6.07) is 0. The van der Waals surface area contributed by atoms with Crippen LogP contribution in [0, 0.1) is 0 Å². The van der Waals surface area contributed by atoms with Crippen LogP contribution >= 0.6 is 0 Å². The standard InChI is InChI=1S/C15H28O3/c1-4-5-6-7-8-9-10-11-12-13-18-14(16)15(2,3)17/h4,17H,1,5-13H2,2-3H3. The second-order valence-electron chi connectivity index (χ2n) is 5.25. The monoisotopic (exact) mass is 256 g/mol. The summed E-state index contributed by atoms with van der Waals surface area (Å²) in [5.41, 5.74) is -1.37. The molecule has 0 bridgehead atoms. The van der Waals surface area contributed by atoms with Crippen molar-refractivity contribution in [1.82, 2.24) is 0 Å². The molecule has 0 rings (SSSR count). The Morgan fingerprint density at radius 3 is 2.11 bits per heavy atom. The van der Waals surface area contributed by atoms with Crippen LogP contribution in [0.1, 0.15) is 65.2 Å². The second-order valence-corrected chi connectivity index (χ2v) is 5.25. The van der Waals surface area contributed by atoms with Crippen molar-refractivity contribution in [3.05, 3.63) is 12.7 Å². The maximum Gasteiger partial charge on any atom is 0.337 e. The minimum atomic E-state index is -1.37. The summed E-state index contributed by atoms with van der Waals surface area (Å²) < 4.78 is 4.97. The Bertz CT molecular complexity index is 228. The fourth-order valence-corrected chi connectivity index (χ4v) is 1.62. The van der Waals surface area contributed by atoms with E-state index in [9.17, 15) is 9.90 Å². The predicted octanol–water partition coefficient (Wildman–Crippen LogP) is 3.61. The smallest absolute Gasteiger partial charge is 0.337 e. The lowest BCUT2D eigenvalue weighted by molar-refractivity contribution is -0.161. The average molecular weight is 256 g/mol. The first-order chi connectivity index (χ1) is 8.48. The number of hydrogen-bond donors (Lipinski definition) is 1. The highest BCUT2D eigenvalue weighted by Gasteiger charge is 2.25. The summed E-state index contributed by atoms with van der Waals surface area (Å²) >= 11 is 0. The van der Waals surface area contributed by atoms with Crippen LogP contribution in [-0.2, 0) is 9.53 Å². The average Bonchev–Trinajstić information content (AvgIpc) is 2.30.